The maximum Gasteiger partial charge on any atom is 0.223 e. The first-order valence-electron chi connectivity index (χ1n) is 9.41. The van der Waals surface area contributed by atoms with Gasteiger partial charge in [0.15, 0.2) is 0 Å². The summed E-state index contributed by atoms with van der Waals surface area (Å²) in [5.74, 6) is 6.31. The third-order valence-corrected chi connectivity index (χ3v) is 4.35. The van der Waals surface area contributed by atoms with Gasteiger partial charge in [-0.3, -0.25) is 4.79 Å². The number of aliphatic hydroxyl groups is 2. The Balaban J connectivity index is 2.48. The van der Waals surface area contributed by atoms with Crippen LogP contribution in [0.1, 0.15) is 71.1 Å². The number of likely N-dealkylation sites (tertiary alicyclic amines) is 1. The van der Waals surface area contributed by atoms with Crippen molar-refractivity contribution in [3.8, 4) is 11.8 Å². The molecule has 24 heavy (non-hydrogen) atoms. The molecule has 4 nitrogen and oxygen atoms in total. The summed E-state index contributed by atoms with van der Waals surface area (Å²) < 4.78 is 0. The highest BCUT2D eigenvalue weighted by molar-refractivity contribution is 5.77. The molecule has 0 aromatic carbocycles. The predicted octanol–water partition coefficient (Wildman–Crippen LogP) is 3.03. The van der Waals surface area contributed by atoms with Crippen molar-refractivity contribution in [3.05, 3.63) is 12.2 Å². The smallest absolute Gasteiger partial charge is 0.223 e. The number of nitrogens with zero attached hydrogens (tertiary/aromatic N) is 1. The summed E-state index contributed by atoms with van der Waals surface area (Å²) in [6, 6.07) is 0.0545. The van der Waals surface area contributed by atoms with Crippen LogP contribution < -0.4 is 0 Å². The lowest BCUT2D eigenvalue weighted by Gasteiger charge is -2.32. The van der Waals surface area contributed by atoms with Crippen LogP contribution in [-0.2, 0) is 4.79 Å². The van der Waals surface area contributed by atoms with Crippen molar-refractivity contribution in [2.24, 2.45) is 0 Å². The summed E-state index contributed by atoms with van der Waals surface area (Å²) in [6.07, 6.45) is 12.4. The third-order valence-electron chi connectivity index (χ3n) is 4.35. The molecule has 1 saturated heterocycles. The normalized spacial score (nSPS) is 19.4. The number of rotatable bonds is 10. The van der Waals surface area contributed by atoms with Crippen molar-refractivity contribution in [3.63, 3.8) is 0 Å². The summed E-state index contributed by atoms with van der Waals surface area (Å²) in [7, 11) is 0. The van der Waals surface area contributed by atoms with Gasteiger partial charge >= 0.3 is 0 Å². The van der Waals surface area contributed by atoms with E-state index in [1.54, 1.807) is 0 Å². The molecule has 0 saturated carbocycles. The Morgan fingerprint density at radius 1 is 1.29 bits per heavy atom. The molecule has 2 atom stereocenters. The fourth-order valence-electron chi connectivity index (χ4n) is 2.86. The highest BCUT2D eigenvalue weighted by atomic mass is 16.3. The Labute approximate surface area is 146 Å². The fourth-order valence-corrected chi connectivity index (χ4v) is 2.86. The molecule has 1 fully saturated rings. The second kappa shape index (κ2) is 13.0. The molecule has 0 aromatic heterocycles. The molecule has 1 heterocycles. The Bertz CT molecular complexity index is 436. The van der Waals surface area contributed by atoms with E-state index in [-0.39, 0.29) is 18.6 Å². The van der Waals surface area contributed by atoms with Crippen LogP contribution in [-0.4, -0.2) is 46.3 Å². The highest BCUT2D eigenvalue weighted by Crippen LogP contribution is 2.19. The van der Waals surface area contributed by atoms with Crippen molar-refractivity contribution in [2.45, 2.75) is 83.3 Å². The van der Waals surface area contributed by atoms with Gasteiger partial charge in [-0.15, -0.1) is 5.92 Å². The fraction of sp³-hybridized carbons (Fsp3) is 0.750. The minimum atomic E-state index is -0.417. The lowest BCUT2D eigenvalue weighted by atomic mass is 10.00. The maximum atomic E-state index is 12.2. The average Bonchev–Trinajstić information content (AvgIpc) is 2.58. The van der Waals surface area contributed by atoms with Crippen LogP contribution in [0.15, 0.2) is 12.2 Å². The van der Waals surface area contributed by atoms with E-state index >= 15 is 0 Å². The molecular formula is C20H33NO3. The van der Waals surface area contributed by atoms with Gasteiger partial charge in [0, 0.05) is 19.4 Å². The highest BCUT2D eigenvalue weighted by Gasteiger charge is 2.25. The molecular weight excluding hydrogens is 302 g/mol. The van der Waals surface area contributed by atoms with Crippen LogP contribution in [0.3, 0.4) is 0 Å². The molecule has 0 spiro atoms. The molecule has 1 rings (SSSR count). The quantitative estimate of drug-likeness (QED) is 0.366. The molecule has 1 aliphatic heterocycles. The second-order valence-electron chi connectivity index (χ2n) is 6.46. The first kappa shape index (κ1) is 20.7. The predicted molar refractivity (Wildman–Crippen MR) is 97.4 cm³/mol. The number of hydrogen-bond donors (Lipinski definition) is 2. The van der Waals surface area contributed by atoms with Gasteiger partial charge in [-0.1, -0.05) is 44.3 Å². The van der Waals surface area contributed by atoms with Crippen molar-refractivity contribution < 1.29 is 15.0 Å². The Morgan fingerprint density at radius 3 is 2.88 bits per heavy atom. The summed E-state index contributed by atoms with van der Waals surface area (Å²) >= 11 is 0. The van der Waals surface area contributed by atoms with E-state index in [4.69, 9.17) is 5.11 Å². The number of piperidine rings is 1. The van der Waals surface area contributed by atoms with Crippen molar-refractivity contribution in [2.75, 3.05) is 13.2 Å². The summed E-state index contributed by atoms with van der Waals surface area (Å²) in [4.78, 5) is 14.0. The van der Waals surface area contributed by atoms with E-state index in [9.17, 15) is 9.90 Å². The molecule has 136 valence electrons. The number of amides is 1. The molecule has 2 unspecified atom stereocenters. The van der Waals surface area contributed by atoms with Gasteiger partial charge in [0.1, 0.15) is 0 Å². The minimum Gasteiger partial charge on any atom is -0.396 e. The van der Waals surface area contributed by atoms with E-state index in [0.29, 0.717) is 13.0 Å². The number of carbonyl (C=O) groups excluding carboxylic acids is 1. The van der Waals surface area contributed by atoms with Gasteiger partial charge in [-0.2, -0.15) is 0 Å². The summed E-state index contributed by atoms with van der Waals surface area (Å²) in [5, 5.41) is 18.8. The third kappa shape index (κ3) is 8.52. The average molecular weight is 335 g/mol. The van der Waals surface area contributed by atoms with Crippen LogP contribution in [0, 0.1) is 11.8 Å². The van der Waals surface area contributed by atoms with Gasteiger partial charge in [0.05, 0.1) is 18.7 Å². The number of hydrogen-bond acceptors (Lipinski definition) is 3. The van der Waals surface area contributed by atoms with Crippen molar-refractivity contribution >= 4 is 5.91 Å². The van der Waals surface area contributed by atoms with Gasteiger partial charge in [-0.25, -0.2) is 0 Å². The topological polar surface area (TPSA) is 60.8 Å². The van der Waals surface area contributed by atoms with Crippen molar-refractivity contribution in [1.82, 2.24) is 4.90 Å². The number of unbranched alkanes of at least 4 members (excludes halogenated alkanes) is 4. The van der Waals surface area contributed by atoms with Crippen LogP contribution in [0.25, 0.3) is 0 Å². The molecule has 0 bridgehead atoms. The van der Waals surface area contributed by atoms with E-state index < -0.39 is 6.10 Å². The molecule has 0 aromatic rings. The Kier molecular flexibility index (Phi) is 11.3. The molecule has 1 amide bonds. The van der Waals surface area contributed by atoms with Gasteiger partial charge in [0.25, 0.3) is 0 Å². The van der Waals surface area contributed by atoms with E-state index in [2.05, 4.69) is 18.8 Å². The Morgan fingerprint density at radius 2 is 2.12 bits per heavy atom. The molecule has 4 heteroatoms. The maximum absolute atomic E-state index is 12.2. The van der Waals surface area contributed by atoms with Crippen LogP contribution in [0.4, 0.5) is 0 Å². The first-order chi connectivity index (χ1) is 11.7. The summed E-state index contributed by atoms with van der Waals surface area (Å²) in [6.45, 7) is 2.82. The van der Waals surface area contributed by atoms with Crippen LogP contribution in [0.5, 0.6) is 0 Å². The SMILES string of the molecule is CCCCCC(O)C=CC1CCCC(=O)N1CC#CCCCCO. The monoisotopic (exact) mass is 335 g/mol. The standard InChI is InChI=1S/C20H33NO3/c1-2-3-7-12-19(23)15-14-18-11-10-13-20(24)21(18)16-8-5-4-6-9-17-22/h14-15,18-19,22-23H,2-4,6-7,9-13,16-17H2,1H3. The number of aliphatic hydroxyl groups excluding tert-OH is 2. The van der Waals surface area contributed by atoms with Gasteiger partial charge in [-0.05, 0) is 32.1 Å². The van der Waals surface area contributed by atoms with E-state index in [1.807, 2.05) is 17.1 Å². The van der Waals surface area contributed by atoms with Crippen molar-refractivity contribution in [1.29, 1.82) is 0 Å². The summed E-state index contributed by atoms with van der Waals surface area (Å²) in [5.41, 5.74) is 0. The largest absolute Gasteiger partial charge is 0.396 e. The second-order valence-corrected chi connectivity index (χ2v) is 6.46. The molecule has 0 radical (unpaired) electrons. The van der Waals surface area contributed by atoms with Gasteiger partial charge < -0.3 is 15.1 Å². The molecule has 2 N–H and O–H groups in total. The minimum absolute atomic E-state index is 0.0545. The lowest BCUT2D eigenvalue weighted by molar-refractivity contribution is -0.134. The molecule has 1 aliphatic rings. The Hall–Kier alpha value is -1.31. The van der Waals surface area contributed by atoms with E-state index in [0.717, 1.165) is 57.8 Å². The van der Waals surface area contributed by atoms with Gasteiger partial charge in [0.2, 0.25) is 5.91 Å². The first-order valence-corrected chi connectivity index (χ1v) is 9.41. The van der Waals surface area contributed by atoms with Crippen LogP contribution in [0.2, 0.25) is 0 Å². The van der Waals surface area contributed by atoms with E-state index in [1.165, 1.54) is 0 Å². The zero-order valence-corrected chi connectivity index (χ0v) is 15.0. The zero-order chi connectivity index (χ0) is 17.6. The molecule has 0 aliphatic carbocycles. The number of carbonyl (C=O) groups is 1. The zero-order valence-electron chi connectivity index (χ0n) is 15.0. The lowest BCUT2D eigenvalue weighted by Crippen LogP contribution is -2.42. The van der Waals surface area contributed by atoms with Crippen LogP contribution >= 0.6 is 0 Å².